The minimum Gasteiger partial charge on any atom is -0.357 e. The van der Waals surface area contributed by atoms with Crippen molar-refractivity contribution in [3.8, 4) is 0 Å². The fraction of sp³-hybridized carbons (Fsp3) is 0.263. The maximum atomic E-state index is 6.37. The van der Waals surface area contributed by atoms with E-state index in [1.54, 1.807) is 11.8 Å². The second-order valence-electron chi connectivity index (χ2n) is 5.73. The Hall–Kier alpha value is -1.42. The Morgan fingerprint density at radius 2 is 1.96 bits per heavy atom. The fourth-order valence-corrected chi connectivity index (χ4v) is 3.79. The van der Waals surface area contributed by atoms with Crippen LogP contribution < -0.4 is 5.73 Å². The maximum absolute atomic E-state index is 6.37. The first-order valence-electron chi connectivity index (χ1n) is 7.84. The van der Waals surface area contributed by atoms with Crippen LogP contribution in [0.2, 0.25) is 5.02 Å². The Morgan fingerprint density at radius 3 is 2.65 bits per heavy atom. The van der Waals surface area contributed by atoms with Gasteiger partial charge in [-0.3, -0.25) is 0 Å². The zero-order valence-electron chi connectivity index (χ0n) is 13.6. The van der Waals surface area contributed by atoms with Crippen LogP contribution in [0.3, 0.4) is 0 Å². The van der Waals surface area contributed by atoms with E-state index in [2.05, 4.69) is 47.7 Å². The minimum atomic E-state index is 0.803. The van der Waals surface area contributed by atoms with Crippen molar-refractivity contribution in [2.24, 2.45) is 0 Å². The highest BCUT2D eigenvalue weighted by molar-refractivity contribution is 7.98. The lowest BCUT2D eigenvalue weighted by Gasteiger charge is -2.10. The molecule has 0 saturated heterocycles. The highest BCUT2D eigenvalue weighted by atomic mass is 35.5. The molecule has 4 heteroatoms. The maximum Gasteiger partial charge on any atom is 0.0781 e. The summed E-state index contributed by atoms with van der Waals surface area (Å²) in [5.41, 5.74) is 9.22. The van der Waals surface area contributed by atoms with Crippen molar-refractivity contribution in [2.75, 3.05) is 12.8 Å². The second-order valence-corrected chi connectivity index (χ2v) is 7.02. The number of fused-ring (bicyclic) bond motifs is 1. The molecule has 0 aliphatic rings. The van der Waals surface area contributed by atoms with Gasteiger partial charge in [-0.15, -0.1) is 11.8 Å². The summed E-state index contributed by atoms with van der Waals surface area (Å²) in [6.45, 7) is 3.92. The number of halogens is 1. The molecule has 0 bridgehead atoms. The Balaban J connectivity index is 2.16. The van der Waals surface area contributed by atoms with Gasteiger partial charge in [0.25, 0.3) is 0 Å². The average molecular weight is 346 g/mol. The number of thioether (sulfide) groups is 1. The van der Waals surface area contributed by atoms with Crippen molar-refractivity contribution in [1.82, 2.24) is 4.57 Å². The Labute approximate surface area is 146 Å². The fourth-order valence-electron chi connectivity index (χ4n) is 3.15. The molecule has 1 aromatic heterocycles. The number of rotatable bonds is 5. The SMILES string of the molecule is CSc1ccc2c(c1)c(CC[NH3+])c(C)n2Cc1ccccc1Cl. The third kappa shape index (κ3) is 3.14. The van der Waals surface area contributed by atoms with Crippen molar-refractivity contribution in [3.63, 3.8) is 0 Å². The average Bonchev–Trinajstić information content (AvgIpc) is 2.82. The molecule has 0 unspecified atom stereocenters. The Kier molecular flexibility index (Phi) is 5.00. The van der Waals surface area contributed by atoms with E-state index < -0.39 is 0 Å². The van der Waals surface area contributed by atoms with Crippen LogP contribution in [-0.4, -0.2) is 17.4 Å². The molecule has 3 aromatic rings. The standard InChI is InChI=1S/C19H21ClN2S/c1-13-16(9-10-21)17-11-15(23-2)7-8-19(17)22(13)12-14-5-3-4-6-18(14)20/h3-8,11H,9-10,12,21H2,1-2H3/p+1. The van der Waals surface area contributed by atoms with Crippen molar-refractivity contribution < 1.29 is 5.73 Å². The molecule has 0 aliphatic heterocycles. The predicted octanol–water partition coefficient (Wildman–Crippen LogP) is 4.16. The van der Waals surface area contributed by atoms with E-state index in [1.807, 2.05) is 18.2 Å². The van der Waals surface area contributed by atoms with E-state index in [0.717, 1.165) is 30.1 Å². The molecule has 0 atom stereocenters. The molecule has 0 aliphatic carbocycles. The number of benzene rings is 2. The third-order valence-corrected chi connectivity index (χ3v) is 5.47. The van der Waals surface area contributed by atoms with E-state index in [-0.39, 0.29) is 0 Å². The monoisotopic (exact) mass is 345 g/mol. The molecule has 2 nitrogen and oxygen atoms in total. The van der Waals surface area contributed by atoms with E-state index in [0.29, 0.717) is 0 Å². The van der Waals surface area contributed by atoms with E-state index in [4.69, 9.17) is 11.6 Å². The van der Waals surface area contributed by atoms with Crippen molar-refractivity contribution in [3.05, 3.63) is 64.3 Å². The van der Waals surface area contributed by atoms with Crippen LogP contribution in [0.1, 0.15) is 16.8 Å². The smallest absolute Gasteiger partial charge is 0.0781 e. The first kappa shape index (κ1) is 16.4. The van der Waals surface area contributed by atoms with Crippen LogP contribution in [0.15, 0.2) is 47.4 Å². The van der Waals surface area contributed by atoms with Gasteiger partial charge >= 0.3 is 0 Å². The van der Waals surface area contributed by atoms with Gasteiger partial charge in [-0.05, 0) is 48.6 Å². The van der Waals surface area contributed by atoms with Gasteiger partial charge in [-0.2, -0.15) is 0 Å². The molecule has 0 fully saturated rings. The summed E-state index contributed by atoms with van der Waals surface area (Å²) in [5, 5.41) is 2.18. The lowest BCUT2D eigenvalue weighted by Crippen LogP contribution is -2.51. The quantitative estimate of drug-likeness (QED) is 0.692. The van der Waals surface area contributed by atoms with E-state index in [1.165, 1.54) is 27.1 Å². The lowest BCUT2D eigenvalue weighted by molar-refractivity contribution is -0.366. The molecule has 3 rings (SSSR count). The number of hydrogen-bond acceptors (Lipinski definition) is 1. The predicted molar refractivity (Wildman–Crippen MR) is 100 cm³/mol. The normalized spacial score (nSPS) is 11.3. The summed E-state index contributed by atoms with van der Waals surface area (Å²) in [6, 6.07) is 14.8. The van der Waals surface area contributed by atoms with Gasteiger partial charge in [-0.1, -0.05) is 29.8 Å². The van der Waals surface area contributed by atoms with Crippen LogP contribution in [0, 0.1) is 6.92 Å². The van der Waals surface area contributed by atoms with Gasteiger partial charge in [0.1, 0.15) is 0 Å². The highest BCUT2D eigenvalue weighted by Gasteiger charge is 2.15. The third-order valence-electron chi connectivity index (χ3n) is 4.37. The number of quaternary nitrogens is 1. The van der Waals surface area contributed by atoms with Gasteiger partial charge in [0.15, 0.2) is 0 Å². The van der Waals surface area contributed by atoms with Crippen LogP contribution in [0.4, 0.5) is 0 Å². The lowest BCUT2D eigenvalue weighted by atomic mass is 10.1. The van der Waals surface area contributed by atoms with Crippen molar-refractivity contribution in [2.45, 2.75) is 24.8 Å². The van der Waals surface area contributed by atoms with Gasteiger partial charge in [-0.25, -0.2) is 0 Å². The molecule has 3 N–H and O–H groups in total. The first-order chi connectivity index (χ1) is 11.2. The number of nitrogens with zero attached hydrogens (tertiary/aromatic N) is 1. The molecule has 0 saturated carbocycles. The zero-order chi connectivity index (χ0) is 16.4. The zero-order valence-corrected chi connectivity index (χ0v) is 15.2. The van der Waals surface area contributed by atoms with Gasteiger partial charge in [0.05, 0.1) is 6.54 Å². The Bertz CT molecular complexity index is 839. The topological polar surface area (TPSA) is 32.6 Å². The summed E-state index contributed by atoms with van der Waals surface area (Å²) >= 11 is 8.15. The number of aromatic nitrogens is 1. The van der Waals surface area contributed by atoms with Crippen LogP contribution in [-0.2, 0) is 13.0 Å². The van der Waals surface area contributed by atoms with Gasteiger partial charge < -0.3 is 10.3 Å². The summed E-state index contributed by atoms with van der Waals surface area (Å²) in [6.07, 6.45) is 3.13. The number of hydrogen-bond donors (Lipinski definition) is 1. The van der Waals surface area contributed by atoms with Crippen LogP contribution in [0.5, 0.6) is 0 Å². The molecule has 1 heterocycles. The molecule has 120 valence electrons. The molecule has 0 amide bonds. The summed E-state index contributed by atoms with van der Waals surface area (Å²) in [4.78, 5) is 1.30. The summed E-state index contributed by atoms with van der Waals surface area (Å²) in [5.74, 6) is 0. The summed E-state index contributed by atoms with van der Waals surface area (Å²) in [7, 11) is 0. The second kappa shape index (κ2) is 7.00. The summed E-state index contributed by atoms with van der Waals surface area (Å²) < 4.78 is 2.38. The minimum absolute atomic E-state index is 0.803. The van der Waals surface area contributed by atoms with E-state index in [9.17, 15) is 0 Å². The largest absolute Gasteiger partial charge is 0.357 e. The Morgan fingerprint density at radius 1 is 1.17 bits per heavy atom. The van der Waals surface area contributed by atoms with Crippen LogP contribution in [0.25, 0.3) is 10.9 Å². The molecule has 0 radical (unpaired) electrons. The van der Waals surface area contributed by atoms with Crippen molar-refractivity contribution in [1.29, 1.82) is 0 Å². The highest BCUT2D eigenvalue weighted by Crippen LogP contribution is 2.31. The van der Waals surface area contributed by atoms with Crippen LogP contribution >= 0.6 is 23.4 Å². The first-order valence-corrected chi connectivity index (χ1v) is 9.44. The molecule has 23 heavy (non-hydrogen) atoms. The van der Waals surface area contributed by atoms with E-state index >= 15 is 0 Å². The van der Waals surface area contributed by atoms with Gasteiger partial charge in [0, 0.05) is 39.5 Å². The molecule has 0 spiro atoms. The van der Waals surface area contributed by atoms with Crippen molar-refractivity contribution >= 4 is 34.3 Å². The molecular weight excluding hydrogens is 324 g/mol. The molecule has 2 aromatic carbocycles. The molecular formula is C19H22ClN2S+. The van der Waals surface area contributed by atoms with Gasteiger partial charge in [0.2, 0.25) is 0 Å².